The molecule has 2 nitrogen and oxygen atoms in total. The van der Waals surface area contributed by atoms with Crippen molar-refractivity contribution in [3.8, 4) is 21.2 Å². The maximum absolute atomic E-state index is 5.92. The molecule has 0 saturated heterocycles. The Morgan fingerprint density at radius 1 is 0.909 bits per heavy atom. The fourth-order valence-corrected chi connectivity index (χ4v) is 4.35. The van der Waals surface area contributed by atoms with Crippen LogP contribution in [0.15, 0.2) is 59.0 Å². The van der Waals surface area contributed by atoms with Crippen LogP contribution in [0.25, 0.3) is 32.3 Å². The van der Waals surface area contributed by atoms with Gasteiger partial charge < -0.3 is 4.42 Å². The lowest BCUT2D eigenvalue weighted by molar-refractivity contribution is 0.621. The normalized spacial score (nSPS) is 13.1. The van der Waals surface area contributed by atoms with E-state index in [1.165, 1.54) is 21.6 Å². The Labute approximate surface area is 132 Å². The van der Waals surface area contributed by atoms with Crippen molar-refractivity contribution in [3.05, 3.63) is 65.7 Å². The highest BCUT2D eigenvalue weighted by molar-refractivity contribution is 7.19. The fraction of sp³-hybridized carbons (Fsp3) is 0.105. The maximum Gasteiger partial charge on any atom is 0.237 e. The van der Waals surface area contributed by atoms with Gasteiger partial charge >= 0.3 is 0 Å². The van der Waals surface area contributed by atoms with Crippen LogP contribution >= 0.6 is 11.3 Å². The van der Waals surface area contributed by atoms with Gasteiger partial charge in [0.05, 0.1) is 4.88 Å². The summed E-state index contributed by atoms with van der Waals surface area (Å²) in [6.45, 7) is 0. The van der Waals surface area contributed by atoms with Crippen LogP contribution in [-0.2, 0) is 12.8 Å². The van der Waals surface area contributed by atoms with Crippen LogP contribution in [0.5, 0.6) is 0 Å². The van der Waals surface area contributed by atoms with Gasteiger partial charge in [0.2, 0.25) is 5.89 Å². The van der Waals surface area contributed by atoms with Crippen LogP contribution in [0, 0.1) is 0 Å². The molecule has 0 unspecified atom stereocenters. The minimum Gasteiger partial charge on any atom is -0.435 e. The average molecular weight is 303 g/mol. The smallest absolute Gasteiger partial charge is 0.237 e. The van der Waals surface area contributed by atoms with Gasteiger partial charge in [0, 0.05) is 4.88 Å². The summed E-state index contributed by atoms with van der Waals surface area (Å²) in [7, 11) is 0. The van der Waals surface area contributed by atoms with Crippen molar-refractivity contribution in [2.45, 2.75) is 12.8 Å². The molecule has 3 heteroatoms. The molecule has 0 atom stereocenters. The highest BCUT2D eigenvalue weighted by Gasteiger charge is 2.21. The monoisotopic (exact) mass is 303 g/mol. The van der Waals surface area contributed by atoms with E-state index in [1.807, 2.05) is 24.3 Å². The largest absolute Gasteiger partial charge is 0.435 e. The number of hydrogen-bond donors (Lipinski definition) is 0. The number of aromatic nitrogens is 1. The van der Waals surface area contributed by atoms with Gasteiger partial charge in [-0.15, -0.1) is 11.3 Å². The minimum absolute atomic E-state index is 0.734. The van der Waals surface area contributed by atoms with Crippen LogP contribution in [-0.4, -0.2) is 4.98 Å². The highest BCUT2D eigenvalue weighted by atomic mass is 32.1. The summed E-state index contributed by atoms with van der Waals surface area (Å²) in [5.41, 5.74) is 6.01. The fourth-order valence-electron chi connectivity index (χ4n) is 3.15. The highest BCUT2D eigenvalue weighted by Crippen LogP contribution is 2.43. The van der Waals surface area contributed by atoms with E-state index in [2.05, 4.69) is 35.3 Å². The Morgan fingerprint density at radius 2 is 1.73 bits per heavy atom. The molecule has 0 aliphatic heterocycles. The molecule has 2 aromatic carbocycles. The molecule has 0 fully saturated rings. The second-order valence-electron chi connectivity index (χ2n) is 5.61. The van der Waals surface area contributed by atoms with Gasteiger partial charge in [0.25, 0.3) is 0 Å². The lowest BCUT2D eigenvalue weighted by atomic mass is 9.91. The summed E-state index contributed by atoms with van der Waals surface area (Å²) in [4.78, 5) is 7.12. The molecule has 0 amide bonds. The van der Waals surface area contributed by atoms with E-state index in [4.69, 9.17) is 4.42 Å². The van der Waals surface area contributed by atoms with Crippen molar-refractivity contribution in [1.29, 1.82) is 0 Å². The van der Waals surface area contributed by atoms with Crippen molar-refractivity contribution in [1.82, 2.24) is 4.98 Å². The SMILES string of the molecule is c1ccc2c(c1)CCc1cc(-c3nc4ccccc4o3)sc1-2. The van der Waals surface area contributed by atoms with Gasteiger partial charge in [-0.05, 0) is 47.7 Å². The van der Waals surface area contributed by atoms with E-state index in [0.717, 1.165) is 34.7 Å². The summed E-state index contributed by atoms with van der Waals surface area (Å²) in [6.07, 6.45) is 2.22. The number of fused-ring (bicyclic) bond motifs is 4. The Bertz CT molecular complexity index is 963. The number of hydrogen-bond acceptors (Lipinski definition) is 3. The van der Waals surface area contributed by atoms with Crippen molar-refractivity contribution >= 4 is 22.4 Å². The number of nitrogens with zero attached hydrogens (tertiary/aromatic N) is 1. The zero-order valence-corrected chi connectivity index (χ0v) is 12.7. The molecular formula is C19H13NOS. The molecular weight excluding hydrogens is 290 g/mol. The minimum atomic E-state index is 0.734. The quantitative estimate of drug-likeness (QED) is 0.475. The second kappa shape index (κ2) is 4.55. The molecule has 0 saturated carbocycles. The molecule has 4 aromatic rings. The topological polar surface area (TPSA) is 26.0 Å². The van der Waals surface area contributed by atoms with Crippen molar-refractivity contribution in [2.24, 2.45) is 0 Å². The van der Waals surface area contributed by atoms with E-state index in [1.54, 1.807) is 11.3 Å². The van der Waals surface area contributed by atoms with E-state index in [9.17, 15) is 0 Å². The predicted octanol–water partition coefficient (Wildman–Crippen LogP) is 5.32. The molecule has 1 aliphatic carbocycles. The summed E-state index contributed by atoms with van der Waals surface area (Å²) in [5, 5.41) is 0. The third kappa shape index (κ3) is 1.76. The first-order valence-corrected chi connectivity index (χ1v) is 8.27. The van der Waals surface area contributed by atoms with Gasteiger partial charge in [-0.1, -0.05) is 36.4 Å². The first-order chi connectivity index (χ1) is 10.9. The van der Waals surface area contributed by atoms with Crippen LogP contribution in [0.4, 0.5) is 0 Å². The Morgan fingerprint density at radius 3 is 2.68 bits per heavy atom. The number of rotatable bonds is 1. The van der Waals surface area contributed by atoms with E-state index in [-0.39, 0.29) is 0 Å². The summed E-state index contributed by atoms with van der Waals surface area (Å²) in [5.74, 6) is 0.734. The van der Waals surface area contributed by atoms with Crippen LogP contribution in [0.2, 0.25) is 0 Å². The van der Waals surface area contributed by atoms with E-state index < -0.39 is 0 Å². The molecule has 106 valence electrons. The van der Waals surface area contributed by atoms with Gasteiger partial charge in [-0.2, -0.15) is 0 Å². The van der Waals surface area contributed by atoms with E-state index >= 15 is 0 Å². The summed E-state index contributed by atoms with van der Waals surface area (Å²) in [6, 6.07) is 18.9. The Hall–Kier alpha value is -2.39. The van der Waals surface area contributed by atoms with Gasteiger partial charge in [0.1, 0.15) is 5.52 Å². The Kier molecular flexibility index (Phi) is 2.52. The summed E-state index contributed by atoms with van der Waals surface area (Å²) < 4.78 is 5.92. The number of para-hydroxylation sites is 2. The number of aryl methyl sites for hydroxylation is 2. The van der Waals surface area contributed by atoms with Gasteiger partial charge in [-0.3, -0.25) is 0 Å². The molecule has 0 spiro atoms. The molecule has 0 radical (unpaired) electrons. The molecule has 5 rings (SSSR count). The lowest BCUT2D eigenvalue weighted by Gasteiger charge is -2.15. The molecule has 0 bridgehead atoms. The van der Waals surface area contributed by atoms with Crippen molar-refractivity contribution in [2.75, 3.05) is 0 Å². The lowest BCUT2D eigenvalue weighted by Crippen LogP contribution is -2.00. The van der Waals surface area contributed by atoms with Crippen LogP contribution in [0.1, 0.15) is 11.1 Å². The summed E-state index contributed by atoms with van der Waals surface area (Å²) >= 11 is 1.79. The molecule has 1 aliphatic rings. The van der Waals surface area contributed by atoms with E-state index in [0.29, 0.717) is 0 Å². The van der Waals surface area contributed by atoms with Gasteiger partial charge in [0.15, 0.2) is 5.58 Å². The molecule has 2 heterocycles. The number of thiophene rings is 1. The molecule has 22 heavy (non-hydrogen) atoms. The first-order valence-electron chi connectivity index (χ1n) is 7.45. The van der Waals surface area contributed by atoms with Crippen LogP contribution < -0.4 is 0 Å². The number of oxazole rings is 1. The molecule has 2 aromatic heterocycles. The zero-order valence-electron chi connectivity index (χ0n) is 11.9. The van der Waals surface area contributed by atoms with Crippen molar-refractivity contribution < 1.29 is 4.42 Å². The van der Waals surface area contributed by atoms with Crippen molar-refractivity contribution in [3.63, 3.8) is 0 Å². The second-order valence-corrected chi connectivity index (χ2v) is 6.66. The standard InChI is InChI=1S/C19H13NOS/c1-2-6-14-12(5-1)9-10-13-11-17(22-18(13)14)19-20-15-7-3-4-8-16(15)21-19/h1-8,11H,9-10H2. The van der Waals surface area contributed by atoms with Gasteiger partial charge in [-0.25, -0.2) is 4.98 Å². The van der Waals surface area contributed by atoms with Crippen LogP contribution in [0.3, 0.4) is 0 Å². The zero-order chi connectivity index (χ0) is 14.5. The number of benzene rings is 2. The maximum atomic E-state index is 5.92. The first kappa shape index (κ1) is 12.2. The average Bonchev–Trinajstić information content (AvgIpc) is 3.18. The molecule has 0 N–H and O–H groups in total. The Balaban J connectivity index is 1.68. The predicted molar refractivity (Wildman–Crippen MR) is 90.2 cm³/mol. The third-order valence-electron chi connectivity index (χ3n) is 4.24. The third-order valence-corrected chi connectivity index (χ3v) is 5.44.